The highest BCUT2D eigenvalue weighted by molar-refractivity contribution is 5.74. The van der Waals surface area contributed by atoms with Gasteiger partial charge in [0.25, 0.3) is 0 Å². The van der Waals surface area contributed by atoms with Gasteiger partial charge in [0.2, 0.25) is 0 Å². The van der Waals surface area contributed by atoms with Crippen LogP contribution in [0.25, 0.3) is 0 Å². The number of carbonyl (C=O) groups excluding carboxylic acids is 1. The molecule has 0 radical (unpaired) electrons. The molecule has 2 heterocycles. The zero-order valence-corrected chi connectivity index (χ0v) is 22.0. The van der Waals surface area contributed by atoms with Gasteiger partial charge in [0.05, 0.1) is 13.2 Å². The molecule has 36 heavy (non-hydrogen) atoms. The summed E-state index contributed by atoms with van der Waals surface area (Å²) in [6.45, 7) is 14.4. The van der Waals surface area contributed by atoms with Crippen molar-refractivity contribution >= 4 is 6.03 Å². The van der Waals surface area contributed by atoms with Crippen LogP contribution < -0.4 is 9.47 Å². The Bertz CT molecular complexity index is 843. The third-order valence-corrected chi connectivity index (χ3v) is 6.89. The number of rotatable bonds is 10. The first-order valence-electron chi connectivity index (χ1n) is 13.6. The summed E-state index contributed by atoms with van der Waals surface area (Å²) < 4.78 is 11.4. The van der Waals surface area contributed by atoms with Crippen molar-refractivity contribution in [2.45, 2.75) is 39.8 Å². The standard InChI is InChI=1S/C29H42N4O3/c1-3-21-35-27-9-5-25(6-10-27)23-30-13-17-32(18-14-30)29(34)33-19-15-31(16-20-33)24-26-7-11-28(12-8-26)36-22-4-2/h5-12H,3-4,13-24H2,1-2H3. The molecule has 7 heteroatoms. The largest absolute Gasteiger partial charge is 0.494 e. The van der Waals surface area contributed by atoms with Crippen molar-refractivity contribution in [3.8, 4) is 11.5 Å². The van der Waals surface area contributed by atoms with Crippen LogP contribution in [0.5, 0.6) is 11.5 Å². The second kappa shape index (κ2) is 13.5. The van der Waals surface area contributed by atoms with Gasteiger partial charge in [-0.3, -0.25) is 9.80 Å². The molecule has 2 aliphatic heterocycles. The van der Waals surface area contributed by atoms with Crippen LogP contribution in [0.3, 0.4) is 0 Å². The fourth-order valence-corrected chi connectivity index (χ4v) is 4.73. The predicted octanol–water partition coefficient (Wildman–Crippen LogP) is 4.32. The van der Waals surface area contributed by atoms with Gasteiger partial charge in [-0.2, -0.15) is 0 Å². The van der Waals surface area contributed by atoms with E-state index in [0.717, 1.165) is 103 Å². The van der Waals surface area contributed by atoms with Gasteiger partial charge < -0.3 is 19.3 Å². The van der Waals surface area contributed by atoms with Crippen LogP contribution in [-0.4, -0.2) is 91.2 Å². The molecule has 2 aromatic rings. The van der Waals surface area contributed by atoms with E-state index >= 15 is 0 Å². The Morgan fingerprint density at radius 1 is 0.611 bits per heavy atom. The number of carbonyl (C=O) groups is 1. The van der Waals surface area contributed by atoms with Gasteiger partial charge in [0.1, 0.15) is 11.5 Å². The van der Waals surface area contributed by atoms with Gasteiger partial charge in [0.15, 0.2) is 0 Å². The molecule has 0 spiro atoms. The number of benzene rings is 2. The number of urea groups is 1. The number of amides is 2. The zero-order chi connectivity index (χ0) is 25.2. The number of ether oxygens (including phenoxy) is 2. The summed E-state index contributed by atoms with van der Waals surface area (Å²) in [7, 11) is 0. The molecule has 2 aliphatic rings. The van der Waals surface area contributed by atoms with E-state index in [0.29, 0.717) is 0 Å². The van der Waals surface area contributed by atoms with Gasteiger partial charge in [-0.25, -0.2) is 4.79 Å². The minimum absolute atomic E-state index is 0.198. The Morgan fingerprint density at radius 2 is 0.972 bits per heavy atom. The van der Waals surface area contributed by atoms with Crippen molar-refractivity contribution in [2.24, 2.45) is 0 Å². The van der Waals surface area contributed by atoms with E-state index in [4.69, 9.17) is 9.47 Å². The minimum Gasteiger partial charge on any atom is -0.494 e. The first kappa shape index (κ1) is 26.3. The molecule has 0 saturated carbocycles. The molecular formula is C29H42N4O3. The zero-order valence-electron chi connectivity index (χ0n) is 22.0. The van der Waals surface area contributed by atoms with Gasteiger partial charge in [0, 0.05) is 65.4 Å². The second-order valence-electron chi connectivity index (χ2n) is 9.79. The van der Waals surface area contributed by atoms with E-state index in [9.17, 15) is 4.79 Å². The van der Waals surface area contributed by atoms with Crippen LogP contribution in [0.1, 0.15) is 37.8 Å². The van der Waals surface area contributed by atoms with Crippen LogP contribution in [0.15, 0.2) is 48.5 Å². The number of hydrogen-bond donors (Lipinski definition) is 0. The molecule has 0 bridgehead atoms. The summed E-state index contributed by atoms with van der Waals surface area (Å²) in [5.74, 6) is 1.87. The Balaban J connectivity index is 1.16. The summed E-state index contributed by atoms with van der Waals surface area (Å²) in [4.78, 5) is 22.0. The van der Waals surface area contributed by atoms with E-state index in [2.05, 4.69) is 72.2 Å². The van der Waals surface area contributed by atoms with E-state index < -0.39 is 0 Å². The third kappa shape index (κ3) is 7.61. The molecule has 0 N–H and O–H groups in total. The summed E-state index contributed by atoms with van der Waals surface area (Å²) >= 11 is 0. The van der Waals surface area contributed by atoms with Crippen LogP contribution in [0.2, 0.25) is 0 Å². The van der Waals surface area contributed by atoms with Crippen molar-refractivity contribution in [1.29, 1.82) is 0 Å². The molecule has 2 fully saturated rings. The maximum atomic E-state index is 13.1. The maximum Gasteiger partial charge on any atom is 0.320 e. The first-order chi connectivity index (χ1) is 17.6. The lowest BCUT2D eigenvalue weighted by atomic mass is 10.2. The molecule has 0 atom stereocenters. The lowest BCUT2D eigenvalue weighted by molar-refractivity contribution is 0.0870. The average molecular weight is 495 g/mol. The Hall–Kier alpha value is -2.77. The highest BCUT2D eigenvalue weighted by Gasteiger charge is 2.27. The summed E-state index contributed by atoms with van der Waals surface area (Å²) in [5.41, 5.74) is 2.58. The number of hydrogen-bond acceptors (Lipinski definition) is 5. The Labute approximate surface area is 216 Å². The number of piperazine rings is 2. The van der Waals surface area contributed by atoms with Crippen molar-refractivity contribution in [1.82, 2.24) is 19.6 Å². The molecule has 2 aromatic carbocycles. The van der Waals surface area contributed by atoms with Crippen LogP contribution >= 0.6 is 0 Å². The lowest BCUT2D eigenvalue weighted by Crippen LogP contribution is -2.56. The molecule has 2 amide bonds. The molecular weight excluding hydrogens is 452 g/mol. The molecule has 196 valence electrons. The van der Waals surface area contributed by atoms with Gasteiger partial charge in [-0.15, -0.1) is 0 Å². The predicted molar refractivity (Wildman–Crippen MR) is 144 cm³/mol. The quantitative estimate of drug-likeness (QED) is 0.492. The fourth-order valence-electron chi connectivity index (χ4n) is 4.73. The van der Waals surface area contributed by atoms with E-state index in [-0.39, 0.29) is 6.03 Å². The topological polar surface area (TPSA) is 48.5 Å². The van der Waals surface area contributed by atoms with E-state index in [1.54, 1.807) is 0 Å². The highest BCUT2D eigenvalue weighted by atomic mass is 16.5. The summed E-state index contributed by atoms with van der Waals surface area (Å²) in [6.07, 6.45) is 2.04. The van der Waals surface area contributed by atoms with Gasteiger partial charge >= 0.3 is 6.03 Å². The number of nitrogens with zero attached hydrogens (tertiary/aromatic N) is 4. The smallest absolute Gasteiger partial charge is 0.320 e. The highest BCUT2D eigenvalue weighted by Crippen LogP contribution is 2.17. The fraction of sp³-hybridized carbons (Fsp3) is 0.552. The molecule has 0 aromatic heterocycles. The SMILES string of the molecule is CCCOc1ccc(CN2CCN(C(=O)N3CCN(Cc4ccc(OCCC)cc4)CC3)CC2)cc1. The lowest BCUT2D eigenvalue weighted by Gasteiger charge is -2.40. The maximum absolute atomic E-state index is 13.1. The van der Waals surface area contributed by atoms with Gasteiger partial charge in [-0.05, 0) is 48.2 Å². The van der Waals surface area contributed by atoms with E-state index in [1.165, 1.54) is 11.1 Å². The van der Waals surface area contributed by atoms with Crippen LogP contribution in [0.4, 0.5) is 4.79 Å². The van der Waals surface area contributed by atoms with Crippen molar-refractivity contribution in [3.05, 3.63) is 59.7 Å². The third-order valence-electron chi connectivity index (χ3n) is 6.89. The average Bonchev–Trinajstić information content (AvgIpc) is 2.93. The second-order valence-corrected chi connectivity index (χ2v) is 9.79. The van der Waals surface area contributed by atoms with E-state index in [1.807, 2.05) is 9.80 Å². The van der Waals surface area contributed by atoms with Crippen molar-refractivity contribution in [2.75, 3.05) is 65.6 Å². The minimum atomic E-state index is 0.198. The molecule has 0 unspecified atom stereocenters. The molecule has 7 nitrogen and oxygen atoms in total. The Kier molecular flexibility index (Phi) is 9.87. The molecule has 4 rings (SSSR count). The van der Waals surface area contributed by atoms with Crippen molar-refractivity contribution in [3.63, 3.8) is 0 Å². The molecule has 2 saturated heterocycles. The van der Waals surface area contributed by atoms with Crippen molar-refractivity contribution < 1.29 is 14.3 Å². The summed E-state index contributed by atoms with van der Waals surface area (Å²) in [5, 5.41) is 0. The first-order valence-corrected chi connectivity index (χ1v) is 13.6. The van der Waals surface area contributed by atoms with Gasteiger partial charge in [-0.1, -0.05) is 38.1 Å². The molecule has 0 aliphatic carbocycles. The Morgan fingerprint density at radius 3 is 1.31 bits per heavy atom. The monoisotopic (exact) mass is 494 g/mol. The van der Waals surface area contributed by atoms with Crippen LogP contribution in [-0.2, 0) is 13.1 Å². The normalized spacial score (nSPS) is 17.3. The summed E-state index contributed by atoms with van der Waals surface area (Å²) in [6, 6.07) is 17.0. The van der Waals surface area contributed by atoms with Crippen LogP contribution in [0, 0.1) is 0 Å².